The first-order valence-corrected chi connectivity index (χ1v) is 10.3. The monoisotopic (exact) mass is 284 g/mol. The first kappa shape index (κ1) is 18.6. The second-order valence-corrected chi connectivity index (χ2v) is 11.6. The van der Waals surface area contributed by atoms with Crippen LogP contribution in [-0.2, 0) is 9.22 Å². The molecule has 0 aliphatic rings. The maximum atomic E-state index is 11.4. The van der Waals surface area contributed by atoms with Gasteiger partial charge in [-0.05, 0) is 37.6 Å². The van der Waals surface area contributed by atoms with E-state index in [1.807, 2.05) is 13.0 Å². The Morgan fingerprint density at radius 3 is 2.16 bits per heavy atom. The molecule has 3 heteroatoms. The molecular weight excluding hydrogens is 252 g/mol. The van der Waals surface area contributed by atoms with Crippen LogP contribution < -0.4 is 0 Å². The van der Waals surface area contributed by atoms with Crippen LogP contribution in [-0.4, -0.2) is 20.2 Å². The van der Waals surface area contributed by atoms with E-state index in [4.69, 9.17) is 4.43 Å². The van der Waals surface area contributed by atoms with Crippen LogP contribution in [0.25, 0.3) is 0 Å². The van der Waals surface area contributed by atoms with Gasteiger partial charge in [0.15, 0.2) is 14.1 Å². The molecular formula is C16H32O2Si. The molecule has 0 N–H and O–H groups in total. The van der Waals surface area contributed by atoms with Gasteiger partial charge in [-0.25, -0.2) is 0 Å². The van der Waals surface area contributed by atoms with Crippen LogP contribution >= 0.6 is 0 Å². The molecule has 19 heavy (non-hydrogen) atoms. The Balaban J connectivity index is 4.74. The van der Waals surface area contributed by atoms with Crippen LogP contribution in [0.3, 0.4) is 0 Å². The van der Waals surface area contributed by atoms with Crippen LogP contribution in [0.2, 0.25) is 18.1 Å². The highest BCUT2D eigenvalue weighted by Gasteiger charge is 2.39. The van der Waals surface area contributed by atoms with Crippen LogP contribution in [0.4, 0.5) is 0 Å². The SMILES string of the molecule is CCC(=O)/C=C\[C@H](CC)[C@@H](C)O[Si](C)(C)C(C)(C)C. The lowest BCUT2D eigenvalue weighted by Gasteiger charge is -2.40. The molecule has 0 aromatic rings. The number of hydrogen-bond donors (Lipinski definition) is 0. The average Bonchev–Trinajstić information content (AvgIpc) is 2.27. The van der Waals surface area contributed by atoms with Crippen LogP contribution in [0.5, 0.6) is 0 Å². The lowest BCUT2D eigenvalue weighted by atomic mass is 10.00. The summed E-state index contributed by atoms with van der Waals surface area (Å²) >= 11 is 0. The van der Waals surface area contributed by atoms with Crippen molar-refractivity contribution in [1.82, 2.24) is 0 Å². The molecule has 0 spiro atoms. The van der Waals surface area contributed by atoms with E-state index in [1.165, 1.54) is 0 Å². The third kappa shape index (κ3) is 6.04. The quantitative estimate of drug-likeness (QED) is 0.488. The van der Waals surface area contributed by atoms with E-state index in [2.05, 4.69) is 47.7 Å². The highest BCUT2D eigenvalue weighted by atomic mass is 28.4. The third-order valence-corrected chi connectivity index (χ3v) is 8.81. The second kappa shape index (κ2) is 7.39. The summed E-state index contributed by atoms with van der Waals surface area (Å²) in [5.41, 5.74) is 0. The summed E-state index contributed by atoms with van der Waals surface area (Å²) in [7, 11) is -1.73. The van der Waals surface area contributed by atoms with Crippen molar-refractivity contribution in [1.29, 1.82) is 0 Å². The Kier molecular flexibility index (Phi) is 7.23. The van der Waals surface area contributed by atoms with Crippen molar-refractivity contribution in [3.8, 4) is 0 Å². The Labute approximate surface area is 120 Å². The van der Waals surface area contributed by atoms with E-state index < -0.39 is 8.32 Å². The van der Waals surface area contributed by atoms with E-state index >= 15 is 0 Å². The first-order chi connectivity index (χ1) is 8.55. The predicted octanol–water partition coefficient (Wildman–Crippen LogP) is 4.96. The summed E-state index contributed by atoms with van der Waals surface area (Å²) in [6.07, 6.45) is 5.50. The van der Waals surface area contributed by atoms with Crippen molar-refractivity contribution < 1.29 is 9.22 Å². The minimum Gasteiger partial charge on any atom is -0.414 e. The number of allylic oxidation sites excluding steroid dienone is 1. The molecule has 0 unspecified atom stereocenters. The fourth-order valence-electron chi connectivity index (χ4n) is 1.70. The summed E-state index contributed by atoms with van der Waals surface area (Å²) in [6.45, 7) is 17.5. The average molecular weight is 285 g/mol. The van der Waals surface area contributed by atoms with Gasteiger partial charge in [-0.15, -0.1) is 0 Å². The van der Waals surface area contributed by atoms with Crippen molar-refractivity contribution in [3.05, 3.63) is 12.2 Å². The number of carbonyl (C=O) groups is 1. The van der Waals surface area contributed by atoms with Gasteiger partial charge in [0, 0.05) is 18.4 Å². The molecule has 0 aromatic carbocycles. The zero-order chi connectivity index (χ0) is 15.3. The van der Waals surface area contributed by atoms with E-state index in [0.29, 0.717) is 12.3 Å². The van der Waals surface area contributed by atoms with Gasteiger partial charge in [-0.2, -0.15) is 0 Å². The van der Waals surface area contributed by atoms with Crippen LogP contribution in [0, 0.1) is 5.92 Å². The molecule has 0 amide bonds. The van der Waals surface area contributed by atoms with Gasteiger partial charge in [0.05, 0.1) is 0 Å². The summed E-state index contributed by atoms with van der Waals surface area (Å²) in [4.78, 5) is 11.4. The molecule has 0 radical (unpaired) electrons. The molecule has 112 valence electrons. The maximum absolute atomic E-state index is 11.4. The van der Waals surface area contributed by atoms with Gasteiger partial charge in [-0.1, -0.05) is 40.7 Å². The highest BCUT2D eigenvalue weighted by Crippen LogP contribution is 2.38. The lowest BCUT2D eigenvalue weighted by molar-refractivity contribution is -0.114. The van der Waals surface area contributed by atoms with Gasteiger partial charge in [0.1, 0.15) is 0 Å². The molecule has 0 bridgehead atoms. The lowest BCUT2D eigenvalue weighted by Crippen LogP contribution is -2.44. The summed E-state index contributed by atoms with van der Waals surface area (Å²) in [5.74, 6) is 0.516. The van der Waals surface area contributed by atoms with Gasteiger partial charge in [0.2, 0.25) is 0 Å². The van der Waals surface area contributed by atoms with Gasteiger partial charge in [0.25, 0.3) is 0 Å². The van der Waals surface area contributed by atoms with Crippen molar-refractivity contribution in [2.45, 2.75) is 78.6 Å². The maximum Gasteiger partial charge on any atom is 0.192 e. The molecule has 0 saturated heterocycles. The number of ketones is 1. The first-order valence-electron chi connectivity index (χ1n) is 7.44. The Morgan fingerprint density at radius 1 is 1.26 bits per heavy atom. The molecule has 2 atom stereocenters. The van der Waals surface area contributed by atoms with Gasteiger partial charge in [-0.3, -0.25) is 4.79 Å². The minimum absolute atomic E-state index is 0.173. The molecule has 0 heterocycles. The Morgan fingerprint density at radius 2 is 1.79 bits per heavy atom. The van der Waals surface area contributed by atoms with Crippen LogP contribution in [0.1, 0.15) is 54.4 Å². The fourth-order valence-corrected chi connectivity index (χ4v) is 3.16. The third-order valence-electron chi connectivity index (χ3n) is 4.24. The topological polar surface area (TPSA) is 26.3 Å². The van der Waals surface area contributed by atoms with E-state index in [1.54, 1.807) is 6.08 Å². The summed E-state index contributed by atoms with van der Waals surface area (Å²) < 4.78 is 6.40. The van der Waals surface area contributed by atoms with Crippen LogP contribution in [0.15, 0.2) is 12.2 Å². The largest absolute Gasteiger partial charge is 0.414 e. The summed E-state index contributed by atoms with van der Waals surface area (Å²) in [5, 5.41) is 0.225. The fraction of sp³-hybridized carbons (Fsp3) is 0.812. The molecule has 0 saturated carbocycles. The summed E-state index contributed by atoms with van der Waals surface area (Å²) in [6, 6.07) is 0. The molecule has 0 aliphatic heterocycles. The van der Waals surface area contributed by atoms with Gasteiger partial charge >= 0.3 is 0 Å². The zero-order valence-corrected chi connectivity index (χ0v) is 15.0. The number of rotatable bonds is 7. The standard InChI is InChI=1S/C16H32O2Si/c1-9-14(11-12-15(17)10-2)13(3)18-19(7,8)16(4,5)6/h11-14H,9-10H2,1-8H3/b12-11-/t13-,14+/m1/s1. The number of hydrogen-bond acceptors (Lipinski definition) is 2. The minimum atomic E-state index is -1.73. The van der Waals surface area contributed by atoms with Gasteiger partial charge < -0.3 is 4.43 Å². The normalized spacial score (nSPS) is 16.6. The van der Waals surface area contributed by atoms with Crippen molar-refractivity contribution in [2.24, 2.45) is 5.92 Å². The smallest absolute Gasteiger partial charge is 0.192 e. The molecule has 0 aliphatic carbocycles. The number of carbonyl (C=O) groups excluding carboxylic acids is 1. The highest BCUT2D eigenvalue weighted by molar-refractivity contribution is 6.74. The molecule has 0 rings (SSSR count). The van der Waals surface area contributed by atoms with Crippen molar-refractivity contribution in [3.63, 3.8) is 0 Å². The van der Waals surface area contributed by atoms with E-state index in [-0.39, 0.29) is 16.9 Å². The zero-order valence-electron chi connectivity index (χ0n) is 14.0. The van der Waals surface area contributed by atoms with Crippen molar-refractivity contribution >= 4 is 14.1 Å². The Bertz CT molecular complexity index is 313. The molecule has 0 aromatic heterocycles. The molecule has 2 nitrogen and oxygen atoms in total. The van der Waals surface area contributed by atoms with E-state index in [0.717, 1.165) is 6.42 Å². The molecule has 0 fully saturated rings. The van der Waals surface area contributed by atoms with Crippen molar-refractivity contribution in [2.75, 3.05) is 0 Å². The second-order valence-electron chi connectivity index (χ2n) is 6.83. The van der Waals surface area contributed by atoms with E-state index in [9.17, 15) is 4.79 Å². The predicted molar refractivity (Wildman–Crippen MR) is 86.0 cm³/mol. The Hall–Kier alpha value is -0.413.